The molecule has 1 aromatic carbocycles. The number of unbranched alkanes of at least 4 members (excludes halogenated alkanes) is 1. The highest BCUT2D eigenvalue weighted by Crippen LogP contribution is 2.16. The highest BCUT2D eigenvalue weighted by Gasteiger charge is 2.11. The van der Waals surface area contributed by atoms with Crippen molar-refractivity contribution in [3.05, 3.63) is 34.8 Å². The molecule has 0 radical (unpaired) electrons. The molecule has 1 heterocycles. The number of carbonyl (C=O) groups excluding carboxylic acids is 2. The van der Waals surface area contributed by atoms with Crippen LogP contribution >= 0.6 is 11.3 Å². The Labute approximate surface area is 162 Å². The van der Waals surface area contributed by atoms with E-state index in [0.29, 0.717) is 16.6 Å². The summed E-state index contributed by atoms with van der Waals surface area (Å²) in [4.78, 5) is 25.6. The van der Waals surface area contributed by atoms with Gasteiger partial charge >= 0.3 is 0 Å². The lowest BCUT2D eigenvalue weighted by Crippen LogP contribution is -2.19. The summed E-state index contributed by atoms with van der Waals surface area (Å²) >= 11 is 1.19. The molecular weight excluding hydrogens is 364 g/mol. The molecule has 0 saturated heterocycles. The Bertz CT molecular complexity index is 785. The Hall–Kier alpha value is -2.81. The van der Waals surface area contributed by atoms with E-state index < -0.39 is 0 Å². The molecule has 8 nitrogen and oxygen atoms in total. The van der Waals surface area contributed by atoms with Crippen molar-refractivity contribution in [2.24, 2.45) is 5.10 Å². The van der Waals surface area contributed by atoms with Crippen molar-refractivity contribution in [2.45, 2.75) is 32.6 Å². The van der Waals surface area contributed by atoms with Crippen LogP contribution in [0.1, 0.15) is 36.8 Å². The highest BCUT2D eigenvalue weighted by molar-refractivity contribution is 7.15. The van der Waals surface area contributed by atoms with Gasteiger partial charge in [-0.3, -0.25) is 9.59 Å². The fourth-order valence-electron chi connectivity index (χ4n) is 2.11. The minimum atomic E-state index is -0.295. The van der Waals surface area contributed by atoms with E-state index in [1.807, 2.05) is 50.2 Å². The van der Waals surface area contributed by atoms with E-state index in [4.69, 9.17) is 0 Å². The average molecular weight is 388 g/mol. The predicted octanol–water partition coefficient (Wildman–Crippen LogP) is 2.43. The number of hydrogen-bond donors (Lipinski definition) is 2. The molecule has 2 rings (SSSR count). The zero-order valence-corrected chi connectivity index (χ0v) is 16.5. The second-order valence-corrected chi connectivity index (χ2v) is 7.17. The van der Waals surface area contributed by atoms with E-state index in [1.165, 1.54) is 11.3 Å². The fourth-order valence-corrected chi connectivity index (χ4v) is 2.86. The standard InChI is InChI=1S/C18H24N6O2S/c1-4-5-6-15(25)20-18-23-22-17(27-18)11-16(26)21-19-12-13-7-9-14(10-8-13)24(2)3/h7-10,12H,4-6,11H2,1-3H3,(H,21,26)(H,20,23,25)/b19-12-. The van der Waals surface area contributed by atoms with Crippen molar-refractivity contribution in [3.8, 4) is 0 Å². The van der Waals surface area contributed by atoms with Gasteiger partial charge in [0.2, 0.25) is 16.9 Å². The average Bonchev–Trinajstić information content (AvgIpc) is 3.07. The number of hydrazone groups is 1. The first-order chi connectivity index (χ1) is 13.0. The highest BCUT2D eigenvalue weighted by atomic mass is 32.1. The van der Waals surface area contributed by atoms with Gasteiger partial charge in [0.1, 0.15) is 5.01 Å². The van der Waals surface area contributed by atoms with Crippen molar-refractivity contribution in [2.75, 3.05) is 24.3 Å². The maximum Gasteiger partial charge on any atom is 0.247 e. The Kier molecular flexibility index (Phi) is 7.87. The van der Waals surface area contributed by atoms with Crippen LogP contribution in [0, 0.1) is 0 Å². The molecule has 2 amide bonds. The summed E-state index contributed by atoms with van der Waals surface area (Å²) in [7, 11) is 3.94. The van der Waals surface area contributed by atoms with Crippen molar-refractivity contribution >= 4 is 40.2 Å². The van der Waals surface area contributed by atoms with Gasteiger partial charge < -0.3 is 10.2 Å². The second-order valence-electron chi connectivity index (χ2n) is 6.11. The molecule has 1 aromatic heterocycles. The third-order valence-corrected chi connectivity index (χ3v) is 4.43. The van der Waals surface area contributed by atoms with Gasteiger partial charge in [0.25, 0.3) is 0 Å². The summed E-state index contributed by atoms with van der Waals surface area (Å²) in [5, 5.41) is 15.4. The molecule has 0 unspecified atom stereocenters. The van der Waals surface area contributed by atoms with Gasteiger partial charge in [-0.05, 0) is 24.1 Å². The lowest BCUT2D eigenvalue weighted by Gasteiger charge is -2.11. The molecule has 0 spiro atoms. The first kappa shape index (κ1) is 20.5. The van der Waals surface area contributed by atoms with Crippen LogP contribution in [0.5, 0.6) is 0 Å². The van der Waals surface area contributed by atoms with Crippen LogP contribution in [0.4, 0.5) is 10.8 Å². The van der Waals surface area contributed by atoms with Gasteiger partial charge in [0.05, 0.1) is 12.6 Å². The van der Waals surface area contributed by atoms with Gasteiger partial charge in [-0.25, -0.2) is 5.43 Å². The van der Waals surface area contributed by atoms with E-state index in [0.717, 1.165) is 24.1 Å². The van der Waals surface area contributed by atoms with E-state index in [-0.39, 0.29) is 18.2 Å². The van der Waals surface area contributed by atoms with Crippen molar-refractivity contribution in [3.63, 3.8) is 0 Å². The smallest absolute Gasteiger partial charge is 0.247 e. The fraction of sp³-hybridized carbons (Fsp3) is 0.389. The summed E-state index contributed by atoms with van der Waals surface area (Å²) in [6, 6.07) is 7.79. The van der Waals surface area contributed by atoms with Gasteiger partial charge in [-0.2, -0.15) is 5.10 Å². The van der Waals surface area contributed by atoms with Gasteiger partial charge in [0.15, 0.2) is 0 Å². The number of rotatable bonds is 9. The number of nitrogens with zero attached hydrogens (tertiary/aromatic N) is 4. The van der Waals surface area contributed by atoms with Gasteiger partial charge in [0, 0.05) is 26.2 Å². The van der Waals surface area contributed by atoms with Crippen LogP contribution in [-0.2, 0) is 16.0 Å². The first-order valence-corrected chi connectivity index (χ1v) is 9.51. The molecule has 0 fully saturated rings. The summed E-state index contributed by atoms with van der Waals surface area (Å²) in [5.74, 6) is -0.384. The minimum Gasteiger partial charge on any atom is -0.378 e. The summed E-state index contributed by atoms with van der Waals surface area (Å²) in [6.45, 7) is 2.02. The van der Waals surface area contributed by atoms with Crippen LogP contribution in [0.3, 0.4) is 0 Å². The van der Waals surface area contributed by atoms with E-state index >= 15 is 0 Å². The quantitative estimate of drug-likeness (QED) is 0.508. The molecule has 2 N–H and O–H groups in total. The zero-order chi connectivity index (χ0) is 19.6. The normalized spacial score (nSPS) is 10.8. The largest absolute Gasteiger partial charge is 0.378 e. The van der Waals surface area contributed by atoms with Gasteiger partial charge in [-0.1, -0.05) is 36.8 Å². The number of nitrogens with one attached hydrogen (secondary N) is 2. The van der Waals surface area contributed by atoms with Crippen LogP contribution in [0.2, 0.25) is 0 Å². The van der Waals surface area contributed by atoms with Gasteiger partial charge in [-0.15, -0.1) is 10.2 Å². The number of amides is 2. The SMILES string of the molecule is CCCCC(=O)Nc1nnc(CC(=O)N/N=C\c2ccc(N(C)C)cc2)s1. The number of aromatic nitrogens is 2. The molecule has 144 valence electrons. The molecule has 2 aromatic rings. The Balaban J connectivity index is 1.79. The lowest BCUT2D eigenvalue weighted by atomic mass is 10.2. The summed E-state index contributed by atoms with van der Waals surface area (Å²) in [5.41, 5.74) is 4.44. The first-order valence-electron chi connectivity index (χ1n) is 8.69. The van der Waals surface area contributed by atoms with E-state index in [1.54, 1.807) is 6.21 Å². The maximum atomic E-state index is 11.9. The number of anilines is 2. The topological polar surface area (TPSA) is 99.6 Å². The maximum absolute atomic E-state index is 11.9. The van der Waals surface area contributed by atoms with Crippen LogP contribution in [0.15, 0.2) is 29.4 Å². The molecule has 27 heavy (non-hydrogen) atoms. The number of carbonyl (C=O) groups is 2. The summed E-state index contributed by atoms with van der Waals surface area (Å²) < 4.78 is 0. The molecule has 0 aliphatic heterocycles. The monoisotopic (exact) mass is 388 g/mol. The van der Waals surface area contributed by atoms with E-state index in [9.17, 15) is 9.59 Å². The molecule has 0 saturated carbocycles. The third kappa shape index (κ3) is 7.14. The molecule has 0 bridgehead atoms. The molecule has 0 atom stereocenters. The zero-order valence-electron chi connectivity index (χ0n) is 15.7. The predicted molar refractivity (Wildman–Crippen MR) is 108 cm³/mol. The van der Waals surface area contributed by atoms with Crippen LogP contribution < -0.4 is 15.6 Å². The summed E-state index contributed by atoms with van der Waals surface area (Å²) in [6.07, 6.45) is 3.87. The minimum absolute atomic E-state index is 0.0550. The van der Waals surface area contributed by atoms with Crippen LogP contribution in [-0.4, -0.2) is 42.3 Å². The lowest BCUT2D eigenvalue weighted by molar-refractivity contribution is -0.120. The van der Waals surface area contributed by atoms with Crippen molar-refractivity contribution in [1.29, 1.82) is 0 Å². The Morgan fingerprint density at radius 3 is 2.59 bits per heavy atom. The van der Waals surface area contributed by atoms with Crippen molar-refractivity contribution in [1.82, 2.24) is 15.6 Å². The second kappa shape index (κ2) is 10.4. The van der Waals surface area contributed by atoms with Crippen LogP contribution in [0.25, 0.3) is 0 Å². The molecule has 9 heteroatoms. The number of benzene rings is 1. The van der Waals surface area contributed by atoms with Crippen molar-refractivity contribution < 1.29 is 9.59 Å². The molecule has 0 aliphatic carbocycles. The molecule has 0 aliphatic rings. The Morgan fingerprint density at radius 2 is 1.93 bits per heavy atom. The third-order valence-electron chi connectivity index (χ3n) is 3.59. The van der Waals surface area contributed by atoms with E-state index in [2.05, 4.69) is 26.0 Å². The molecular formula is C18H24N6O2S. The Morgan fingerprint density at radius 1 is 1.19 bits per heavy atom. The number of hydrogen-bond acceptors (Lipinski definition) is 7.